The van der Waals surface area contributed by atoms with Crippen molar-refractivity contribution in [2.45, 2.75) is 6.61 Å². The maximum Gasteiger partial charge on any atom is 0.238 e. The number of halogens is 2. The van der Waals surface area contributed by atoms with Crippen LogP contribution in [0.4, 0.5) is 4.39 Å². The summed E-state index contributed by atoms with van der Waals surface area (Å²) in [6, 6.07) is 4.37. The Labute approximate surface area is 105 Å². The first kappa shape index (κ1) is 11.9. The molecule has 6 heteroatoms. The van der Waals surface area contributed by atoms with Crippen molar-refractivity contribution in [2.75, 3.05) is 0 Å². The van der Waals surface area contributed by atoms with Gasteiger partial charge in [-0.3, -0.25) is 4.98 Å². The Morgan fingerprint density at radius 1 is 1.35 bits per heavy atom. The van der Waals surface area contributed by atoms with Crippen molar-refractivity contribution in [3.05, 3.63) is 46.6 Å². The van der Waals surface area contributed by atoms with Crippen LogP contribution in [0.25, 0.3) is 0 Å². The van der Waals surface area contributed by atoms with E-state index in [-0.39, 0.29) is 12.5 Å². The molecule has 0 aliphatic carbocycles. The lowest BCUT2D eigenvalue weighted by atomic mass is 10.3. The van der Waals surface area contributed by atoms with Gasteiger partial charge in [0.2, 0.25) is 5.88 Å². The quantitative estimate of drug-likeness (QED) is 0.946. The van der Waals surface area contributed by atoms with Crippen molar-refractivity contribution in [1.82, 2.24) is 9.97 Å². The highest BCUT2D eigenvalue weighted by Crippen LogP contribution is 2.24. The van der Waals surface area contributed by atoms with E-state index >= 15 is 0 Å². The van der Waals surface area contributed by atoms with Crippen molar-refractivity contribution in [2.24, 2.45) is 0 Å². The Balaban J connectivity index is 2.22. The summed E-state index contributed by atoms with van der Waals surface area (Å²) in [5, 5.41) is 8.88. The van der Waals surface area contributed by atoms with Crippen LogP contribution < -0.4 is 4.74 Å². The molecule has 4 nitrogen and oxygen atoms in total. The van der Waals surface area contributed by atoms with Gasteiger partial charge in [0.05, 0.1) is 29.2 Å². The smallest absolute Gasteiger partial charge is 0.238 e. The van der Waals surface area contributed by atoms with Gasteiger partial charge in [0.1, 0.15) is 11.6 Å². The van der Waals surface area contributed by atoms with Gasteiger partial charge in [-0.15, -0.1) is 0 Å². The summed E-state index contributed by atoms with van der Waals surface area (Å²) >= 11 is 3.05. The first-order valence-electron chi connectivity index (χ1n) is 4.73. The molecule has 0 saturated carbocycles. The number of nitrogens with zero attached hydrogens (tertiary/aromatic N) is 2. The number of aliphatic hydroxyl groups is 1. The van der Waals surface area contributed by atoms with Crippen molar-refractivity contribution in [3.8, 4) is 11.6 Å². The van der Waals surface area contributed by atoms with Gasteiger partial charge >= 0.3 is 0 Å². The number of aromatic nitrogens is 2. The van der Waals surface area contributed by atoms with Crippen LogP contribution in [0.2, 0.25) is 0 Å². The fourth-order valence-corrected chi connectivity index (χ4v) is 1.42. The Bertz CT molecular complexity index is 537. The van der Waals surface area contributed by atoms with Crippen LogP contribution in [-0.4, -0.2) is 15.1 Å². The van der Waals surface area contributed by atoms with Gasteiger partial charge in [0, 0.05) is 6.07 Å². The Morgan fingerprint density at radius 3 is 2.88 bits per heavy atom. The van der Waals surface area contributed by atoms with E-state index in [4.69, 9.17) is 9.84 Å². The molecule has 0 fully saturated rings. The second kappa shape index (κ2) is 5.20. The minimum atomic E-state index is -0.422. The number of aliphatic hydroxyl groups excluding tert-OH is 1. The normalized spacial score (nSPS) is 10.3. The fraction of sp³-hybridized carbons (Fsp3) is 0.0909. The van der Waals surface area contributed by atoms with E-state index in [1.807, 2.05) is 0 Å². The first-order chi connectivity index (χ1) is 8.19. The Hall–Kier alpha value is -1.53. The van der Waals surface area contributed by atoms with Crippen LogP contribution in [0.5, 0.6) is 11.6 Å². The van der Waals surface area contributed by atoms with Crippen molar-refractivity contribution in [1.29, 1.82) is 0 Å². The highest BCUT2D eigenvalue weighted by molar-refractivity contribution is 9.10. The molecule has 0 unspecified atom stereocenters. The zero-order valence-corrected chi connectivity index (χ0v) is 10.2. The van der Waals surface area contributed by atoms with Crippen molar-refractivity contribution < 1.29 is 14.2 Å². The van der Waals surface area contributed by atoms with Gasteiger partial charge in [-0.05, 0) is 28.1 Å². The molecule has 0 aliphatic rings. The maximum atomic E-state index is 13.2. The highest BCUT2D eigenvalue weighted by Gasteiger charge is 2.04. The van der Waals surface area contributed by atoms with E-state index in [1.54, 1.807) is 6.07 Å². The molecule has 0 atom stereocenters. The molecule has 1 aromatic carbocycles. The molecule has 1 aromatic heterocycles. The average molecular weight is 299 g/mol. The van der Waals surface area contributed by atoms with Crippen LogP contribution >= 0.6 is 15.9 Å². The van der Waals surface area contributed by atoms with Crippen LogP contribution in [0, 0.1) is 5.82 Å². The number of ether oxygens (including phenoxy) is 1. The summed E-state index contributed by atoms with van der Waals surface area (Å²) in [7, 11) is 0. The third-order valence-electron chi connectivity index (χ3n) is 1.94. The predicted octanol–water partition coefficient (Wildman–Crippen LogP) is 2.66. The lowest BCUT2D eigenvalue weighted by Crippen LogP contribution is -1.95. The standard InChI is InChI=1S/C11H8BrFN2O2/c12-9-2-1-8(3-10(9)13)17-11-5-14-4-7(6-16)15-11/h1-5,16H,6H2. The third-order valence-corrected chi connectivity index (χ3v) is 2.58. The van der Waals surface area contributed by atoms with Gasteiger partial charge in [0.25, 0.3) is 0 Å². The van der Waals surface area contributed by atoms with E-state index in [1.165, 1.54) is 24.5 Å². The number of hydrogen-bond donors (Lipinski definition) is 1. The molecule has 0 saturated heterocycles. The molecule has 2 rings (SSSR count). The van der Waals surface area contributed by atoms with Gasteiger partial charge in [-0.1, -0.05) is 0 Å². The zero-order valence-electron chi connectivity index (χ0n) is 8.60. The van der Waals surface area contributed by atoms with Crippen LogP contribution in [0.1, 0.15) is 5.69 Å². The summed E-state index contributed by atoms with van der Waals surface area (Å²) in [5.41, 5.74) is 0.389. The van der Waals surface area contributed by atoms with Gasteiger partial charge in [-0.2, -0.15) is 0 Å². The number of hydrogen-bond acceptors (Lipinski definition) is 4. The SMILES string of the molecule is OCc1cncc(Oc2ccc(Br)c(F)c2)n1. The summed E-state index contributed by atoms with van der Waals surface area (Å²) in [5.74, 6) is 0.0992. The zero-order chi connectivity index (χ0) is 12.3. The van der Waals surface area contributed by atoms with Gasteiger partial charge in [0.15, 0.2) is 0 Å². The number of rotatable bonds is 3. The highest BCUT2D eigenvalue weighted by atomic mass is 79.9. The summed E-state index contributed by atoms with van der Waals surface area (Å²) in [6.45, 7) is -0.223. The van der Waals surface area contributed by atoms with Crippen LogP contribution in [0.15, 0.2) is 35.1 Å². The Morgan fingerprint density at radius 2 is 2.18 bits per heavy atom. The van der Waals surface area contributed by atoms with E-state index in [0.29, 0.717) is 15.9 Å². The molecule has 0 aliphatic heterocycles. The molecule has 0 bridgehead atoms. The molecule has 0 spiro atoms. The minimum absolute atomic E-state index is 0.207. The summed E-state index contributed by atoms with van der Waals surface area (Å²) < 4.78 is 18.9. The van der Waals surface area contributed by atoms with E-state index < -0.39 is 5.82 Å². The largest absolute Gasteiger partial charge is 0.437 e. The Kier molecular flexibility index (Phi) is 3.65. The van der Waals surface area contributed by atoms with E-state index in [9.17, 15) is 4.39 Å². The summed E-state index contributed by atoms with van der Waals surface area (Å²) in [6.07, 6.45) is 2.81. The third kappa shape index (κ3) is 2.98. The molecule has 17 heavy (non-hydrogen) atoms. The molecular weight excluding hydrogens is 291 g/mol. The molecule has 2 aromatic rings. The fourth-order valence-electron chi connectivity index (χ4n) is 1.17. The lowest BCUT2D eigenvalue weighted by molar-refractivity contribution is 0.274. The lowest BCUT2D eigenvalue weighted by Gasteiger charge is -2.05. The topological polar surface area (TPSA) is 55.2 Å². The molecular formula is C11H8BrFN2O2. The van der Waals surface area contributed by atoms with Gasteiger partial charge in [-0.25, -0.2) is 9.37 Å². The predicted molar refractivity (Wildman–Crippen MR) is 62.1 cm³/mol. The molecule has 1 heterocycles. The van der Waals surface area contributed by atoms with Crippen LogP contribution in [-0.2, 0) is 6.61 Å². The van der Waals surface area contributed by atoms with E-state index in [2.05, 4.69) is 25.9 Å². The molecule has 0 radical (unpaired) electrons. The van der Waals surface area contributed by atoms with Crippen molar-refractivity contribution >= 4 is 15.9 Å². The first-order valence-corrected chi connectivity index (χ1v) is 5.53. The van der Waals surface area contributed by atoms with Gasteiger partial charge < -0.3 is 9.84 Å². The second-order valence-corrected chi connectivity index (χ2v) is 4.04. The molecule has 0 amide bonds. The average Bonchev–Trinajstić information content (AvgIpc) is 2.34. The monoisotopic (exact) mass is 298 g/mol. The summed E-state index contributed by atoms with van der Waals surface area (Å²) in [4.78, 5) is 7.81. The minimum Gasteiger partial charge on any atom is -0.437 e. The molecule has 1 N–H and O–H groups in total. The van der Waals surface area contributed by atoms with Crippen molar-refractivity contribution in [3.63, 3.8) is 0 Å². The number of benzene rings is 1. The van der Waals surface area contributed by atoms with E-state index in [0.717, 1.165) is 0 Å². The molecule has 88 valence electrons. The maximum absolute atomic E-state index is 13.2. The second-order valence-electron chi connectivity index (χ2n) is 3.18. The van der Waals surface area contributed by atoms with Crippen LogP contribution in [0.3, 0.4) is 0 Å².